The Morgan fingerprint density at radius 1 is 1.11 bits per heavy atom. The molecule has 0 radical (unpaired) electrons. The largest absolute Gasteiger partial charge is 0.472 e. The number of hydrogen-bond donors (Lipinski definition) is 2. The van der Waals surface area contributed by atoms with E-state index in [1.165, 1.54) is 6.92 Å². The number of benzene rings is 1. The third-order valence-electron chi connectivity index (χ3n) is 10.8. The van der Waals surface area contributed by atoms with Crippen LogP contribution in [-0.2, 0) is 6.42 Å². The number of fused-ring (bicyclic) bond motifs is 6. The first-order chi connectivity index (χ1) is 22.5. The Balaban J connectivity index is 1.33. The lowest BCUT2D eigenvalue weighted by Crippen LogP contribution is -2.62. The summed E-state index contributed by atoms with van der Waals surface area (Å²) in [6.07, 6.45) is -1.86. The molecular weight excluding hydrogens is 628 g/mol. The number of alkyl halides is 3. The number of nitrogen functional groups attached to an aromatic ring is 1. The summed E-state index contributed by atoms with van der Waals surface area (Å²) in [5.41, 5.74) is 1.76. The molecule has 4 fully saturated rings. The summed E-state index contributed by atoms with van der Waals surface area (Å²) < 4.78 is 102. The van der Waals surface area contributed by atoms with Gasteiger partial charge in [0, 0.05) is 43.6 Å². The van der Waals surface area contributed by atoms with Crippen LogP contribution < -0.4 is 25.4 Å². The zero-order chi connectivity index (χ0) is 32.9. The number of pyridine rings is 1. The highest BCUT2D eigenvalue weighted by Gasteiger charge is 2.50. The number of nitrogens with one attached hydrogen (secondary N) is 1. The molecule has 0 aliphatic carbocycles. The normalized spacial score (nSPS) is 29.7. The molecule has 7 heterocycles. The topological polar surface area (TPSA) is 102 Å². The average Bonchev–Trinajstić information content (AvgIpc) is 3.67. The maximum atomic E-state index is 16.9. The van der Waals surface area contributed by atoms with Crippen molar-refractivity contribution < 1.29 is 35.8 Å². The fraction of sp³-hybridized carbons (Fsp3) is 0.594. The standard InChI is InChI=1S/C32H35F6N7O2/c1-13-17(8-19(34)35)20(23(37)25(39)22(13)36)26-24(38)27-21-29(43-31(42-27)46-12-32-6-3-7-44(32)10-15(33)9-32)45-11-16-4-5-18(40-16)28(45)14(2)47-30(21)41-26/h14-16,18-19,28,40H,3-12,39H2,1-2H3/t14-,15+,16+,18-,28+,32-/m0/s1. The summed E-state index contributed by atoms with van der Waals surface area (Å²) in [7, 11) is 0. The van der Waals surface area contributed by atoms with Crippen LogP contribution >= 0.6 is 0 Å². The molecule has 5 aliphatic rings. The van der Waals surface area contributed by atoms with E-state index in [9.17, 15) is 17.6 Å². The maximum Gasteiger partial charge on any atom is 0.319 e. The second-order valence-corrected chi connectivity index (χ2v) is 13.6. The Kier molecular flexibility index (Phi) is 7.17. The molecule has 0 spiro atoms. The van der Waals surface area contributed by atoms with Crippen LogP contribution in [0.2, 0.25) is 0 Å². The lowest BCUT2D eigenvalue weighted by Gasteiger charge is -2.42. The molecule has 2 aromatic heterocycles. The number of rotatable bonds is 6. The number of nitrogens with two attached hydrogens (primary N) is 1. The van der Waals surface area contributed by atoms with Crippen molar-refractivity contribution in [2.75, 3.05) is 36.9 Å². The number of anilines is 2. The summed E-state index contributed by atoms with van der Waals surface area (Å²) in [6, 6.07) is -0.238. The predicted octanol–water partition coefficient (Wildman–Crippen LogP) is 4.85. The van der Waals surface area contributed by atoms with E-state index >= 15 is 8.78 Å². The van der Waals surface area contributed by atoms with Gasteiger partial charge in [0.05, 0.1) is 11.6 Å². The first-order valence-corrected chi connectivity index (χ1v) is 16.1. The minimum Gasteiger partial charge on any atom is -0.472 e. The van der Waals surface area contributed by atoms with E-state index in [-0.39, 0.29) is 53.1 Å². The molecule has 0 unspecified atom stereocenters. The Morgan fingerprint density at radius 2 is 1.91 bits per heavy atom. The molecule has 252 valence electrons. The van der Waals surface area contributed by atoms with Crippen molar-refractivity contribution in [2.24, 2.45) is 0 Å². The van der Waals surface area contributed by atoms with Crippen molar-refractivity contribution in [3.8, 4) is 23.1 Å². The van der Waals surface area contributed by atoms with Crippen LogP contribution in [0.25, 0.3) is 22.2 Å². The van der Waals surface area contributed by atoms with Gasteiger partial charge in [-0.2, -0.15) is 9.97 Å². The highest BCUT2D eigenvalue weighted by molar-refractivity contribution is 5.97. The predicted molar refractivity (Wildman–Crippen MR) is 161 cm³/mol. The van der Waals surface area contributed by atoms with Crippen molar-refractivity contribution in [1.29, 1.82) is 0 Å². The van der Waals surface area contributed by atoms with E-state index in [0.29, 0.717) is 25.3 Å². The molecule has 0 saturated carbocycles. The van der Waals surface area contributed by atoms with Gasteiger partial charge < -0.3 is 25.4 Å². The molecule has 0 amide bonds. The Bertz CT molecular complexity index is 1780. The fourth-order valence-corrected chi connectivity index (χ4v) is 8.71. The quantitative estimate of drug-likeness (QED) is 0.283. The van der Waals surface area contributed by atoms with E-state index in [4.69, 9.17) is 20.2 Å². The van der Waals surface area contributed by atoms with Crippen molar-refractivity contribution in [3.05, 3.63) is 28.6 Å². The van der Waals surface area contributed by atoms with Gasteiger partial charge in [-0.15, -0.1) is 0 Å². The Hall–Kier alpha value is -3.59. The van der Waals surface area contributed by atoms with Crippen LogP contribution in [0.5, 0.6) is 11.9 Å². The number of ether oxygens (including phenoxy) is 2. The van der Waals surface area contributed by atoms with Gasteiger partial charge in [0.15, 0.2) is 17.5 Å². The fourth-order valence-electron chi connectivity index (χ4n) is 8.71. The number of hydrogen-bond acceptors (Lipinski definition) is 9. The zero-order valence-corrected chi connectivity index (χ0v) is 25.9. The SMILES string of the molecule is Cc1c(F)c(N)c(F)c(-c2nc3c4c(nc(OC[C@@]56CCCN5C[C@H](F)C6)nc4c2F)N2C[C@H]4CC[C@H](N4)[C@H]2[C@H](C)O3)c1CC(F)F. The summed E-state index contributed by atoms with van der Waals surface area (Å²) >= 11 is 0. The summed E-state index contributed by atoms with van der Waals surface area (Å²) in [5, 5.41) is 3.74. The van der Waals surface area contributed by atoms with Crippen LogP contribution in [-0.4, -0.2) is 88.5 Å². The molecule has 3 aromatic rings. The second-order valence-electron chi connectivity index (χ2n) is 13.6. The summed E-state index contributed by atoms with van der Waals surface area (Å²) in [6.45, 7) is 4.69. The van der Waals surface area contributed by atoms with E-state index in [1.54, 1.807) is 0 Å². The lowest BCUT2D eigenvalue weighted by molar-refractivity contribution is 0.107. The smallest absolute Gasteiger partial charge is 0.319 e. The van der Waals surface area contributed by atoms with Gasteiger partial charge in [-0.1, -0.05) is 0 Å². The molecule has 3 N–H and O–H groups in total. The third kappa shape index (κ3) is 4.70. The molecule has 2 bridgehead atoms. The highest BCUT2D eigenvalue weighted by atomic mass is 19.3. The van der Waals surface area contributed by atoms with Crippen LogP contribution in [0.3, 0.4) is 0 Å². The number of aromatic nitrogens is 3. The first-order valence-electron chi connectivity index (χ1n) is 16.1. The first kappa shape index (κ1) is 30.7. The molecule has 4 saturated heterocycles. The van der Waals surface area contributed by atoms with Crippen molar-refractivity contribution in [1.82, 2.24) is 25.2 Å². The van der Waals surface area contributed by atoms with Crippen molar-refractivity contribution >= 4 is 22.4 Å². The van der Waals surface area contributed by atoms with E-state index in [2.05, 4.69) is 20.2 Å². The Labute approximate surface area is 266 Å². The monoisotopic (exact) mass is 663 g/mol. The number of nitrogens with zero attached hydrogens (tertiary/aromatic N) is 5. The molecule has 5 aliphatic heterocycles. The van der Waals surface area contributed by atoms with Gasteiger partial charge in [0.1, 0.15) is 47.0 Å². The van der Waals surface area contributed by atoms with Crippen LogP contribution in [0.1, 0.15) is 50.2 Å². The van der Waals surface area contributed by atoms with Gasteiger partial charge in [-0.3, -0.25) is 4.90 Å². The summed E-state index contributed by atoms with van der Waals surface area (Å²) in [4.78, 5) is 17.7. The van der Waals surface area contributed by atoms with E-state index in [1.807, 2.05) is 11.8 Å². The number of halogens is 6. The van der Waals surface area contributed by atoms with Gasteiger partial charge in [-0.25, -0.2) is 31.3 Å². The maximum absolute atomic E-state index is 16.9. The summed E-state index contributed by atoms with van der Waals surface area (Å²) in [5.74, 6) is -3.54. The highest BCUT2D eigenvalue weighted by Crippen LogP contribution is 2.46. The third-order valence-corrected chi connectivity index (χ3v) is 10.8. The van der Waals surface area contributed by atoms with Crippen LogP contribution in [0.4, 0.5) is 37.8 Å². The molecule has 1 aromatic carbocycles. The Morgan fingerprint density at radius 3 is 2.70 bits per heavy atom. The average molecular weight is 664 g/mol. The van der Waals surface area contributed by atoms with Gasteiger partial charge in [-0.05, 0) is 57.2 Å². The van der Waals surface area contributed by atoms with Crippen molar-refractivity contribution in [3.63, 3.8) is 0 Å². The van der Waals surface area contributed by atoms with Crippen LogP contribution in [0.15, 0.2) is 0 Å². The van der Waals surface area contributed by atoms with E-state index < -0.39 is 70.6 Å². The second kappa shape index (κ2) is 11.0. The van der Waals surface area contributed by atoms with Gasteiger partial charge in [0.25, 0.3) is 0 Å². The van der Waals surface area contributed by atoms with Crippen LogP contribution in [0, 0.1) is 24.4 Å². The molecule has 8 rings (SSSR count). The van der Waals surface area contributed by atoms with Gasteiger partial charge >= 0.3 is 6.01 Å². The molecule has 6 atom stereocenters. The molecule has 9 nitrogen and oxygen atoms in total. The van der Waals surface area contributed by atoms with E-state index in [0.717, 1.165) is 32.2 Å². The minimum atomic E-state index is -3.00. The molecule has 15 heteroatoms. The van der Waals surface area contributed by atoms with Crippen molar-refractivity contribution in [2.45, 2.75) is 94.7 Å². The van der Waals surface area contributed by atoms with Gasteiger partial charge in [0.2, 0.25) is 12.3 Å². The molecular formula is C32H35F6N7O2. The minimum absolute atomic E-state index is 0.0253. The molecule has 47 heavy (non-hydrogen) atoms. The zero-order valence-electron chi connectivity index (χ0n) is 25.9. The number of piperazine rings is 1. The lowest BCUT2D eigenvalue weighted by atomic mass is 9.93.